The van der Waals surface area contributed by atoms with Crippen molar-refractivity contribution < 1.29 is 9.18 Å². The number of allylic oxidation sites excluding steroid dienone is 1. The Morgan fingerprint density at radius 3 is 2.75 bits per heavy atom. The van der Waals surface area contributed by atoms with E-state index in [1.807, 2.05) is 40.7 Å². The Bertz CT molecular complexity index is 833. The molecule has 0 atom stereocenters. The number of fused-ring (bicyclic) bond motifs is 2. The van der Waals surface area contributed by atoms with Crippen molar-refractivity contribution in [3.8, 4) is 0 Å². The Hall–Kier alpha value is -3.28. The first-order chi connectivity index (χ1) is 11.7. The second kappa shape index (κ2) is 5.73. The molecule has 1 aromatic rings. The van der Waals surface area contributed by atoms with Gasteiger partial charge in [0.2, 0.25) is 0 Å². The van der Waals surface area contributed by atoms with Crippen LogP contribution in [0.5, 0.6) is 0 Å². The number of carbonyl (C=O) groups excluding carboxylic acids is 1. The number of nitrogens with zero attached hydrogens (tertiary/aromatic N) is 2. The summed E-state index contributed by atoms with van der Waals surface area (Å²) in [4.78, 5) is 16.2. The molecule has 0 spiro atoms. The van der Waals surface area contributed by atoms with E-state index in [0.29, 0.717) is 12.1 Å². The van der Waals surface area contributed by atoms with Crippen molar-refractivity contribution in [1.29, 1.82) is 0 Å². The topological polar surface area (TPSA) is 47.6 Å². The van der Waals surface area contributed by atoms with E-state index in [1.54, 1.807) is 24.4 Å². The van der Waals surface area contributed by atoms with Gasteiger partial charge in [0.1, 0.15) is 11.6 Å². The molecule has 1 aromatic carbocycles. The Morgan fingerprint density at radius 1 is 1.08 bits per heavy atom. The van der Waals surface area contributed by atoms with E-state index in [2.05, 4.69) is 10.6 Å². The third kappa shape index (κ3) is 2.69. The maximum absolute atomic E-state index is 12.9. The monoisotopic (exact) mass is 322 g/mol. The van der Waals surface area contributed by atoms with E-state index in [-0.39, 0.29) is 11.7 Å². The number of hydrogen-bond acceptors (Lipinski definition) is 4. The van der Waals surface area contributed by atoms with E-state index >= 15 is 0 Å². The molecule has 24 heavy (non-hydrogen) atoms. The van der Waals surface area contributed by atoms with Crippen molar-refractivity contribution in [2.24, 2.45) is 0 Å². The Balaban J connectivity index is 1.44. The summed E-state index contributed by atoms with van der Waals surface area (Å²) in [6.45, 7) is 0.354. The van der Waals surface area contributed by atoms with Crippen LogP contribution in [0.4, 0.5) is 4.39 Å². The van der Waals surface area contributed by atoms with Crippen LogP contribution in [-0.2, 0) is 11.3 Å². The van der Waals surface area contributed by atoms with E-state index < -0.39 is 0 Å². The first-order valence-corrected chi connectivity index (χ1v) is 7.55. The van der Waals surface area contributed by atoms with Gasteiger partial charge in [-0.15, -0.1) is 0 Å². The van der Waals surface area contributed by atoms with Crippen molar-refractivity contribution in [3.63, 3.8) is 0 Å². The largest absolute Gasteiger partial charge is 0.348 e. The summed E-state index contributed by atoms with van der Waals surface area (Å²) in [7, 11) is 0. The molecule has 0 saturated carbocycles. The van der Waals surface area contributed by atoms with Crippen molar-refractivity contribution in [2.45, 2.75) is 6.54 Å². The molecule has 4 rings (SSSR count). The molecule has 3 aliphatic heterocycles. The molecule has 3 heterocycles. The van der Waals surface area contributed by atoms with Crippen molar-refractivity contribution >= 4 is 5.91 Å². The molecular formula is C18H15FN4O. The molecule has 2 N–H and O–H groups in total. The zero-order chi connectivity index (χ0) is 16.5. The molecule has 0 bridgehead atoms. The van der Waals surface area contributed by atoms with Crippen LogP contribution in [0, 0.1) is 5.82 Å². The highest BCUT2D eigenvalue weighted by Crippen LogP contribution is 2.26. The summed E-state index contributed by atoms with van der Waals surface area (Å²) in [6, 6.07) is 6.08. The third-order valence-electron chi connectivity index (χ3n) is 3.92. The highest BCUT2D eigenvalue weighted by atomic mass is 19.1. The molecule has 6 heteroatoms. The number of benzene rings is 1. The highest BCUT2D eigenvalue weighted by molar-refractivity contribution is 5.96. The third-order valence-corrected chi connectivity index (χ3v) is 3.92. The van der Waals surface area contributed by atoms with E-state index in [4.69, 9.17) is 0 Å². The lowest BCUT2D eigenvalue weighted by atomic mass is 10.1. The van der Waals surface area contributed by atoms with Gasteiger partial charge in [-0.1, -0.05) is 12.1 Å². The smallest absolute Gasteiger partial charge is 0.253 e. The van der Waals surface area contributed by atoms with Crippen LogP contribution in [0.3, 0.4) is 0 Å². The van der Waals surface area contributed by atoms with Gasteiger partial charge in [-0.25, -0.2) is 4.39 Å². The van der Waals surface area contributed by atoms with Crippen LogP contribution in [-0.4, -0.2) is 15.7 Å². The molecule has 3 aliphatic rings. The number of carbonyl (C=O) groups is 1. The Kier molecular flexibility index (Phi) is 3.42. The average molecular weight is 322 g/mol. The first kappa shape index (κ1) is 14.3. The lowest BCUT2D eigenvalue weighted by Gasteiger charge is -2.29. The fraction of sp³-hybridized carbons (Fsp3) is 0.0556. The fourth-order valence-corrected chi connectivity index (χ4v) is 2.62. The van der Waals surface area contributed by atoms with Gasteiger partial charge in [0, 0.05) is 31.3 Å². The Labute approximate surface area is 138 Å². The van der Waals surface area contributed by atoms with Crippen LogP contribution in [0.2, 0.25) is 0 Å². The highest BCUT2D eigenvalue weighted by Gasteiger charge is 2.21. The van der Waals surface area contributed by atoms with Gasteiger partial charge in [-0.05, 0) is 29.8 Å². The van der Waals surface area contributed by atoms with Gasteiger partial charge in [-0.3, -0.25) is 4.79 Å². The molecular weight excluding hydrogens is 307 g/mol. The summed E-state index contributed by atoms with van der Waals surface area (Å²) in [6.07, 6.45) is 13.2. The SMILES string of the molecule is O=C(NCc1ccc(F)cc1)C1=CN2C=C3NC=CN3C=C2C=C1. The van der Waals surface area contributed by atoms with E-state index in [0.717, 1.165) is 17.1 Å². The number of nitrogens with one attached hydrogen (secondary N) is 2. The first-order valence-electron chi connectivity index (χ1n) is 7.55. The minimum atomic E-state index is -0.287. The van der Waals surface area contributed by atoms with Crippen LogP contribution in [0.25, 0.3) is 0 Å². The fourth-order valence-electron chi connectivity index (χ4n) is 2.62. The number of amides is 1. The van der Waals surface area contributed by atoms with Gasteiger partial charge in [0.25, 0.3) is 5.91 Å². The van der Waals surface area contributed by atoms with Gasteiger partial charge >= 0.3 is 0 Å². The standard InChI is InChI=1S/C18H15FN4O/c19-15-4-1-13(2-5-15)9-21-18(24)14-3-6-16-11-22-8-7-20-17(22)12-23(16)10-14/h1-8,10-12,20H,9H2,(H,21,24). The molecule has 5 nitrogen and oxygen atoms in total. The molecule has 1 amide bonds. The van der Waals surface area contributed by atoms with Gasteiger partial charge in [0.05, 0.1) is 17.5 Å². The van der Waals surface area contributed by atoms with Crippen LogP contribution < -0.4 is 10.6 Å². The summed E-state index contributed by atoms with van der Waals surface area (Å²) in [5, 5.41) is 5.97. The predicted molar refractivity (Wildman–Crippen MR) is 87.6 cm³/mol. The number of rotatable bonds is 3. The molecule has 0 saturated heterocycles. The zero-order valence-corrected chi connectivity index (χ0v) is 12.7. The number of halogens is 1. The number of hydrogen-bond donors (Lipinski definition) is 2. The maximum atomic E-state index is 12.9. The summed E-state index contributed by atoms with van der Waals surface area (Å²) < 4.78 is 12.9. The molecule has 0 fully saturated rings. The van der Waals surface area contributed by atoms with Crippen molar-refractivity contribution in [1.82, 2.24) is 20.4 Å². The van der Waals surface area contributed by atoms with Crippen LogP contribution in [0.15, 0.2) is 84.5 Å². The van der Waals surface area contributed by atoms with Crippen molar-refractivity contribution in [3.05, 3.63) is 95.9 Å². The van der Waals surface area contributed by atoms with Gasteiger partial charge in [0.15, 0.2) is 0 Å². The molecule has 0 aromatic heterocycles. The summed E-state index contributed by atoms with van der Waals surface area (Å²) >= 11 is 0. The zero-order valence-electron chi connectivity index (χ0n) is 12.7. The van der Waals surface area contributed by atoms with E-state index in [1.165, 1.54) is 12.1 Å². The Morgan fingerprint density at radius 2 is 1.92 bits per heavy atom. The second-order valence-electron chi connectivity index (χ2n) is 5.57. The van der Waals surface area contributed by atoms with E-state index in [9.17, 15) is 9.18 Å². The molecule has 0 unspecified atom stereocenters. The second-order valence-corrected chi connectivity index (χ2v) is 5.57. The minimum Gasteiger partial charge on any atom is -0.348 e. The average Bonchev–Trinajstić information content (AvgIpc) is 3.05. The van der Waals surface area contributed by atoms with Crippen LogP contribution in [0.1, 0.15) is 5.56 Å². The van der Waals surface area contributed by atoms with Crippen LogP contribution >= 0.6 is 0 Å². The predicted octanol–water partition coefficient (Wildman–Crippen LogP) is 2.23. The summed E-state index contributed by atoms with van der Waals surface area (Å²) in [5.41, 5.74) is 2.38. The van der Waals surface area contributed by atoms with Crippen molar-refractivity contribution in [2.75, 3.05) is 0 Å². The van der Waals surface area contributed by atoms with Gasteiger partial charge < -0.3 is 20.4 Å². The molecule has 120 valence electrons. The molecule has 0 radical (unpaired) electrons. The molecule has 0 aliphatic carbocycles. The minimum absolute atomic E-state index is 0.173. The lowest BCUT2D eigenvalue weighted by molar-refractivity contribution is -0.117. The lowest BCUT2D eigenvalue weighted by Crippen LogP contribution is -2.29. The normalized spacial score (nSPS) is 17.5. The quantitative estimate of drug-likeness (QED) is 0.896. The summed E-state index contributed by atoms with van der Waals surface area (Å²) in [5.74, 6) is 0.467. The maximum Gasteiger partial charge on any atom is 0.253 e. The van der Waals surface area contributed by atoms with Gasteiger partial charge in [-0.2, -0.15) is 0 Å².